The highest BCUT2D eigenvalue weighted by molar-refractivity contribution is 5.81. The van der Waals surface area contributed by atoms with Crippen LogP contribution in [0, 0.1) is 0 Å². The van der Waals surface area contributed by atoms with Gasteiger partial charge in [0, 0.05) is 13.1 Å². The summed E-state index contributed by atoms with van der Waals surface area (Å²) in [6, 6.07) is 5.25. The highest BCUT2D eigenvalue weighted by Crippen LogP contribution is 2.30. The summed E-state index contributed by atoms with van der Waals surface area (Å²) in [5, 5.41) is 0. The molecule has 5 nitrogen and oxygen atoms in total. The van der Waals surface area contributed by atoms with Crippen LogP contribution in [0.1, 0.15) is 10.4 Å². The Labute approximate surface area is 113 Å². The Morgan fingerprint density at radius 2 is 2.37 bits per heavy atom. The molecule has 0 spiro atoms. The van der Waals surface area contributed by atoms with E-state index in [-0.39, 0.29) is 6.10 Å². The first-order valence-electron chi connectivity index (χ1n) is 6.29. The van der Waals surface area contributed by atoms with Gasteiger partial charge in [-0.2, -0.15) is 0 Å². The van der Waals surface area contributed by atoms with E-state index in [1.54, 1.807) is 25.3 Å². The molecule has 0 aromatic heterocycles. The summed E-state index contributed by atoms with van der Waals surface area (Å²) in [5.74, 6) is 1.05. The average Bonchev–Trinajstić information content (AvgIpc) is 2.44. The van der Waals surface area contributed by atoms with E-state index in [2.05, 4.69) is 11.9 Å². The maximum atomic E-state index is 11.0. The van der Waals surface area contributed by atoms with Crippen LogP contribution in [0.5, 0.6) is 11.5 Å². The third-order valence-corrected chi connectivity index (χ3v) is 3.11. The lowest BCUT2D eigenvalue weighted by atomic mass is 10.2. The minimum atomic E-state index is 0.0168. The number of benzene rings is 1. The van der Waals surface area contributed by atoms with E-state index in [1.807, 2.05) is 0 Å². The molecule has 1 aliphatic rings. The summed E-state index contributed by atoms with van der Waals surface area (Å²) in [4.78, 5) is 13.2. The molecule has 104 valence electrons. The number of carbonyl (C=O) groups is 1. The van der Waals surface area contributed by atoms with E-state index in [9.17, 15) is 4.79 Å². The summed E-state index contributed by atoms with van der Waals surface area (Å²) in [6.45, 7) is 2.87. The minimum absolute atomic E-state index is 0.0168. The molecule has 19 heavy (non-hydrogen) atoms. The number of methoxy groups -OCH3 is 1. The fourth-order valence-corrected chi connectivity index (χ4v) is 2.08. The first-order chi connectivity index (χ1) is 9.24. The lowest BCUT2D eigenvalue weighted by molar-refractivity contribution is -0.0407. The third-order valence-electron chi connectivity index (χ3n) is 3.11. The molecule has 0 aliphatic carbocycles. The second kappa shape index (κ2) is 6.54. The van der Waals surface area contributed by atoms with Crippen molar-refractivity contribution in [1.82, 2.24) is 4.90 Å². The van der Waals surface area contributed by atoms with Crippen molar-refractivity contribution in [3.8, 4) is 11.5 Å². The van der Waals surface area contributed by atoms with Crippen LogP contribution in [0.3, 0.4) is 0 Å². The van der Waals surface area contributed by atoms with Crippen molar-refractivity contribution >= 4 is 6.29 Å². The number of para-hydroxylation sites is 1. The van der Waals surface area contributed by atoms with Gasteiger partial charge in [-0.05, 0) is 19.2 Å². The van der Waals surface area contributed by atoms with Crippen LogP contribution in [0.2, 0.25) is 0 Å². The van der Waals surface area contributed by atoms with Crippen LogP contribution in [0.25, 0.3) is 0 Å². The highest BCUT2D eigenvalue weighted by Gasteiger charge is 2.19. The van der Waals surface area contributed by atoms with E-state index in [4.69, 9.17) is 14.2 Å². The lowest BCUT2D eigenvalue weighted by Gasteiger charge is -2.30. The smallest absolute Gasteiger partial charge is 0.171 e. The molecule has 1 atom stereocenters. The van der Waals surface area contributed by atoms with Crippen molar-refractivity contribution in [2.75, 3.05) is 40.5 Å². The maximum absolute atomic E-state index is 11.0. The van der Waals surface area contributed by atoms with E-state index in [0.717, 1.165) is 19.4 Å². The van der Waals surface area contributed by atoms with Crippen molar-refractivity contribution in [2.24, 2.45) is 0 Å². The third kappa shape index (κ3) is 3.45. The Morgan fingerprint density at radius 3 is 3.05 bits per heavy atom. The molecule has 0 bridgehead atoms. The quantitative estimate of drug-likeness (QED) is 0.749. The standard InChI is InChI=1S/C14H19NO4/c1-15-6-7-18-12(8-15)10-19-14-11(9-16)4-3-5-13(14)17-2/h3-5,9,12H,6-8,10H2,1-2H3. The maximum Gasteiger partial charge on any atom is 0.171 e. The van der Waals surface area contributed by atoms with Crippen molar-refractivity contribution in [2.45, 2.75) is 6.10 Å². The molecule has 1 fully saturated rings. The van der Waals surface area contributed by atoms with Gasteiger partial charge in [0.25, 0.3) is 0 Å². The zero-order valence-corrected chi connectivity index (χ0v) is 11.3. The SMILES string of the molecule is COc1cccc(C=O)c1OCC1CN(C)CCO1. The Morgan fingerprint density at radius 1 is 1.53 bits per heavy atom. The summed E-state index contributed by atoms with van der Waals surface area (Å²) in [5.41, 5.74) is 0.489. The normalized spacial score (nSPS) is 20.0. The number of carbonyl (C=O) groups excluding carboxylic acids is 1. The minimum Gasteiger partial charge on any atom is -0.493 e. The summed E-state index contributed by atoms with van der Waals surface area (Å²) >= 11 is 0. The first kappa shape index (κ1) is 13.8. The molecule has 2 rings (SSSR count). The number of likely N-dealkylation sites (N-methyl/N-ethyl adjacent to an activating group) is 1. The van der Waals surface area contributed by atoms with Gasteiger partial charge in [0.15, 0.2) is 17.8 Å². The lowest BCUT2D eigenvalue weighted by Crippen LogP contribution is -2.42. The Kier molecular flexibility index (Phi) is 4.76. The second-order valence-electron chi connectivity index (χ2n) is 4.56. The molecule has 1 heterocycles. The van der Waals surface area contributed by atoms with E-state index >= 15 is 0 Å². The largest absolute Gasteiger partial charge is 0.493 e. The number of hydrogen-bond acceptors (Lipinski definition) is 5. The zero-order chi connectivity index (χ0) is 13.7. The van der Waals surface area contributed by atoms with Gasteiger partial charge < -0.3 is 19.1 Å². The van der Waals surface area contributed by atoms with Crippen LogP contribution in [0.15, 0.2) is 18.2 Å². The van der Waals surface area contributed by atoms with E-state index in [1.165, 1.54) is 0 Å². The second-order valence-corrected chi connectivity index (χ2v) is 4.56. The summed E-state index contributed by atoms with van der Waals surface area (Å²) < 4.78 is 16.6. The molecule has 0 saturated carbocycles. The molecule has 1 unspecified atom stereocenters. The van der Waals surface area contributed by atoms with Gasteiger partial charge >= 0.3 is 0 Å². The van der Waals surface area contributed by atoms with Gasteiger partial charge in [-0.3, -0.25) is 4.79 Å². The number of ether oxygens (including phenoxy) is 3. The average molecular weight is 265 g/mol. The van der Waals surface area contributed by atoms with Crippen LogP contribution in [-0.2, 0) is 4.74 Å². The number of aldehydes is 1. The van der Waals surface area contributed by atoms with Crippen LogP contribution in [-0.4, -0.2) is 57.8 Å². The van der Waals surface area contributed by atoms with Crippen LogP contribution >= 0.6 is 0 Å². The van der Waals surface area contributed by atoms with Crippen LogP contribution in [0.4, 0.5) is 0 Å². The number of morpholine rings is 1. The molecule has 0 N–H and O–H groups in total. The predicted octanol–water partition coefficient (Wildman–Crippen LogP) is 1.22. The monoisotopic (exact) mass is 265 g/mol. The van der Waals surface area contributed by atoms with Crippen LogP contribution < -0.4 is 9.47 Å². The fraction of sp³-hybridized carbons (Fsp3) is 0.500. The van der Waals surface area contributed by atoms with Gasteiger partial charge in [0.2, 0.25) is 0 Å². The van der Waals surface area contributed by atoms with E-state index < -0.39 is 0 Å². The topological polar surface area (TPSA) is 48.0 Å². The summed E-state index contributed by atoms with van der Waals surface area (Å²) in [6.07, 6.45) is 0.786. The molecule has 0 amide bonds. The van der Waals surface area contributed by atoms with Crippen molar-refractivity contribution in [3.05, 3.63) is 23.8 Å². The molecular formula is C14H19NO4. The van der Waals surface area contributed by atoms with Gasteiger partial charge in [-0.15, -0.1) is 0 Å². The molecule has 0 radical (unpaired) electrons. The van der Waals surface area contributed by atoms with Gasteiger partial charge in [-0.1, -0.05) is 6.07 Å². The number of hydrogen-bond donors (Lipinski definition) is 0. The highest BCUT2D eigenvalue weighted by atomic mass is 16.5. The Bertz CT molecular complexity index is 435. The molecule has 1 aromatic carbocycles. The number of rotatable bonds is 5. The van der Waals surface area contributed by atoms with Gasteiger partial charge in [0.1, 0.15) is 12.7 Å². The molecule has 1 aliphatic heterocycles. The zero-order valence-electron chi connectivity index (χ0n) is 11.3. The molecular weight excluding hydrogens is 246 g/mol. The fourth-order valence-electron chi connectivity index (χ4n) is 2.08. The van der Waals surface area contributed by atoms with Gasteiger partial charge in [-0.25, -0.2) is 0 Å². The van der Waals surface area contributed by atoms with Crippen molar-refractivity contribution in [3.63, 3.8) is 0 Å². The molecule has 5 heteroatoms. The Hall–Kier alpha value is -1.59. The first-order valence-corrected chi connectivity index (χ1v) is 6.29. The van der Waals surface area contributed by atoms with E-state index in [0.29, 0.717) is 30.3 Å². The molecule has 1 saturated heterocycles. The van der Waals surface area contributed by atoms with Crippen molar-refractivity contribution < 1.29 is 19.0 Å². The van der Waals surface area contributed by atoms with Crippen molar-refractivity contribution in [1.29, 1.82) is 0 Å². The predicted molar refractivity (Wildman–Crippen MR) is 71.1 cm³/mol. The Balaban J connectivity index is 2.03. The number of nitrogens with zero attached hydrogens (tertiary/aromatic N) is 1. The van der Waals surface area contributed by atoms with Gasteiger partial charge in [0.05, 0.1) is 19.3 Å². The summed E-state index contributed by atoms with van der Waals surface area (Å²) in [7, 11) is 3.61. The molecule has 1 aromatic rings.